The van der Waals surface area contributed by atoms with Gasteiger partial charge in [-0.15, -0.1) is 0 Å². The average molecular weight is 209 g/mol. The largest absolute Gasteiger partial charge is 0.411 e. The number of hydrogen-bond acceptors (Lipinski definition) is 2. The van der Waals surface area contributed by atoms with E-state index < -0.39 is 12.8 Å². The first-order valence-electron chi connectivity index (χ1n) is 4.87. The van der Waals surface area contributed by atoms with Crippen LogP contribution in [0.25, 0.3) is 0 Å². The number of ether oxygens (including phenoxy) is 1. The molecule has 0 aromatic rings. The second-order valence-electron chi connectivity index (χ2n) is 4.34. The van der Waals surface area contributed by atoms with Crippen LogP contribution in [-0.2, 0) is 4.74 Å². The zero-order chi connectivity index (χ0) is 10.2. The lowest BCUT2D eigenvalue weighted by atomic mass is 10.00. The van der Waals surface area contributed by atoms with Crippen molar-refractivity contribution in [3.8, 4) is 0 Å². The molecule has 2 atom stereocenters. The molecule has 5 heteroatoms. The summed E-state index contributed by atoms with van der Waals surface area (Å²) in [6.45, 7) is 0.951. The first-order valence-corrected chi connectivity index (χ1v) is 4.87. The van der Waals surface area contributed by atoms with E-state index in [9.17, 15) is 13.2 Å². The van der Waals surface area contributed by atoms with Crippen molar-refractivity contribution in [3.63, 3.8) is 0 Å². The van der Waals surface area contributed by atoms with Crippen molar-refractivity contribution >= 4 is 0 Å². The quantitative estimate of drug-likeness (QED) is 0.761. The highest BCUT2D eigenvalue weighted by molar-refractivity contribution is 5.06. The predicted molar refractivity (Wildman–Crippen MR) is 44.9 cm³/mol. The number of alkyl halides is 3. The first kappa shape index (κ1) is 10.2. The van der Waals surface area contributed by atoms with Gasteiger partial charge in [-0.05, 0) is 25.3 Å². The Balaban J connectivity index is 1.71. The molecule has 82 valence electrons. The number of rotatable bonds is 3. The van der Waals surface area contributed by atoms with Crippen molar-refractivity contribution in [1.82, 2.24) is 5.32 Å². The summed E-state index contributed by atoms with van der Waals surface area (Å²) in [5.74, 6) is 0.594. The van der Waals surface area contributed by atoms with Crippen LogP contribution in [0.4, 0.5) is 13.2 Å². The monoisotopic (exact) mass is 209 g/mol. The maximum Gasteiger partial charge on any atom is 0.411 e. The summed E-state index contributed by atoms with van der Waals surface area (Å²) in [6.07, 6.45) is -2.09. The fraction of sp³-hybridized carbons (Fsp3) is 1.00. The Morgan fingerprint density at radius 2 is 2.21 bits per heavy atom. The highest BCUT2D eigenvalue weighted by atomic mass is 19.4. The number of hydrogen-bond donors (Lipinski definition) is 1. The molecule has 1 aliphatic heterocycles. The van der Waals surface area contributed by atoms with Crippen LogP contribution in [0.1, 0.15) is 12.8 Å². The van der Waals surface area contributed by atoms with Gasteiger partial charge >= 0.3 is 6.18 Å². The third kappa shape index (κ3) is 2.20. The fourth-order valence-electron chi connectivity index (χ4n) is 2.27. The molecule has 2 rings (SSSR count). The van der Waals surface area contributed by atoms with Gasteiger partial charge in [0.25, 0.3) is 0 Å². The molecular weight excluding hydrogens is 195 g/mol. The highest BCUT2D eigenvalue weighted by Gasteiger charge is 2.55. The summed E-state index contributed by atoms with van der Waals surface area (Å²) in [5.41, 5.74) is 0.0313. The van der Waals surface area contributed by atoms with E-state index in [0.717, 1.165) is 25.9 Å². The smallest absolute Gasteiger partial charge is 0.371 e. The van der Waals surface area contributed by atoms with E-state index >= 15 is 0 Å². The van der Waals surface area contributed by atoms with Gasteiger partial charge in [0.2, 0.25) is 0 Å². The molecule has 1 aliphatic carbocycles. The minimum absolute atomic E-state index is 0.0313. The molecule has 1 saturated heterocycles. The van der Waals surface area contributed by atoms with Gasteiger partial charge in [0.15, 0.2) is 0 Å². The molecule has 14 heavy (non-hydrogen) atoms. The van der Waals surface area contributed by atoms with Crippen LogP contribution in [0.3, 0.4) is 0 Å². The summed E-state index contributed by atoms with van der Waals surface area (Å²) in [6, 6.07) is 0. The predicted octanol–water partition coefficient (Wildman–Crippen LogP) is 1.56. The van der Waals surface area contributed by atoms with Crippen LogP contribution in [0, 0.1) is 11.3 Å². The van der Waals surface area contributed by atoms with Crippen molar-refractivity contribution in [2.45, 2.75) is 19.0 Å². The molecule has 2 aliphatic rings. The maximum absolute atomic E-state index is 11.8. The zero-order valence-electron chi connectivity index (χ0n) is 7.86. The van der Waals surface area contributed by atoms with E-state index in [4.69, 9.17) is 4.74 Å². The third-order valence-electron chi connectivity index (χ3n) is 3.16. The van der Waals surface area contributed by atoms with E-state index in [-0.39, 0.29) is 12.0 Å². The van der Waals surface area contributed by atoms with Crippen LogP contribution < -0.4 is 5.32 Å². The van der Waals surface area contributed by atoms with E-state index in [1.54, 1.807) is 0 Å². The van der Waals surface area contributed by atoms with Crippen molar-refractivity contribution in [2.75, 3.05) is 26.3 Å². The van der Waals surface area contributed by atoms with Crippen molar-refractivity contribution in [3.05, 3.63) is 0 Å². The van der Waals surface area contributed by atoms with Gasteiger partial charge in [-0.3, -0.25) is 0 Å². The fourth-order valence-corrected chi connectivity index (χ4v) is 2.27. The summed E-state index contributed by atoms with van der Waals surface area (Å²) in [7, 11) is 0. The number of nitrogens with one attached hydrogen (secondary N) is 1. The minimum Gasteiger partial charge on any atom is -0.371 e. The summed E-state index contributed by atoms with van der Waals surface area (Å²) < 4.78 is 40.1. The van der Waals surface area contributed by atoms with Crippen LogP contribution in [-0.4, -0.2) is 32.5 Å². The standard InChI is InChI=1S/C9H14F3NO/c10-9(11,12)6-14-5-8-3-7(8)1-2-13-4-8/h7,13H,1-6H2. The third-order valence-corrected chi connectivity index (χ3v) is 3.16. The Morgan fingerprint density at radius 1 is 1.43 bits per heavy atom. The van der Waals surface area contributed by atoms with Crippen LogP contribution in [0.5, 0.6) is 0 Å². The molecule has 2 nitrogen and oxygen atoms in total. The molecule has 0 aromatic heterocycles. The van der Waals surface area contributed by atoms with Gasteiger partial charge in [-0.2, -0.15) is 13.2 Å². The number of fused-ring (bicyclic) bond motifs is 1. The first-order chi connectivity index (χ1) is 6.52. The minimum atomic E-state index is -4.19. The Hall–Kier alpha value is -0.290. The molecule has 0 spiro atoms. The molecule has 1 heterocycles. The van der Waals surface area contributed by atoms with Crippen molar-refractivity contribution in [1.29, 1.82) is 0 Å². The van der Waals surface area contributed by atoms with E-state index in [2.05, 4.69) is 5.32 Å². The lowest BCUT2D eigenvalue weighted by Gasteiger charge is -2.23. The van der Waals surface area contributed by atoms with Gasteiger partial charge in [-0.25, -0.2) is 0 Å². The lowest BCUT2D eigenvalue weighted by Crippen LogP contribution is -2.35. The average Bonchev–Trinajstić information content (AvgIpc) is 2.76. The Labute approximate surface area is 80.8 Å². The molecule has 2 unspecified atom stereocenters. The van der Waals surface area contributed by atoms with Crippen LogP contribution in [0.15, 0.2) is 0 Å². The van der Waals surface area contributed by atoms with E-state index in [1.807, 2.05) is 0 Å². The molecule has 0 aromatic carbocycles. The van der Waals surface area contributed by atoms with Gasteiger partial charge in [0.1, 0.15) is 6.61 Å². The SMILES string of the molecule is FC(F)(F)COCC12CNCCC1C2. The molecule has 1 saturated carbocycles. The molecule has 0 bridgehead atoms. The number of piperidine rings is 1. The second-order valence-corrected chi connectivity index (χ2v) is 4.34. The summed E-state index contributed by atoms with van der Waals surface area (Å²) >= 11 is 0. The second kappa shape index (κ2) is 3.38. The van der Waals surface area contributed by atoms with Gasteiger partial charge in [0, 0.05) is 12.0 Å². The van der Waals surface area contributed by atoms with E-state index in [1.165, 1.54) is 0 Å². The highest BCUT2D eigenvalue weighted by Crippen LogP contribution is 2.55. The molecule has 0 amide bonds. The zero-order valence-corrected chi connectivity index (χ0v) is 7.86. The molecule has 0 radical (unpaired) electrons. The lowest BCUT2D eigenvalue weighted by molar-refractivity contribution is -0.178. The molecule has 1 N–H and O–H groups in total. The van der Waals surface area contributed by atoms with Crippen LogP contribution >= 0.6 is 0 Å². The van der Waals surface area contributed by atoms with Gasteiger partial charge < -0.3 is 10.1 Å². The maximum atomic E-state index is 11.8. The Bertz CT molecular complexity index is 219. The van der Waals surface area contributed by atoms with Crippen molar-refractivity contribution < 1.29 is 17.9 Å². The normalized spacial score (nSPS) is 36.6. The van der Waals surface area contributed by atoms with Crippen LogP contribution in [0.2, 0.25) is 0 Å². The summed E-state index contributed by atoms with van der Waals surface area (Å²) in [4.78, 5) is 0. The van der Waals surface area contributed by atoms with Crippen molar-refractivity contribution in [2.24, 2.45) is 11.3 Å². The molecular formula is C9H14F3NO. The number of halogens is 3. The van der Waals surface area contributed by atoms with E-state index in [0.29, 0.717) is 5.92 Å². The molecule has 2 fully saturated rings. The topological polar surface area (TPSA) is 21.3 Å². The Kier molecular flexibility index (Phi) is 2.47. The van der Waals surface area contributed by atoms with Gasteiger partial charge in [0.05, 0.1) is 6.61 Å². The summed E-state index contributed by atoms with van der Waals surface area (Å²) in [5, 5.41) is 3.20. The van der Waals surface area contributed by atoms with Gasteiger partial charge in [-0.1, -0.05) is 0 Å². The Morgan fingerprint density at radius 3 is 2.86 bits per heavy atom.